The molecule has 1 saturated heterocycles. The van der Waals surface area contributed by atoms with Gasteiger partial charge in [0, 0.05) is 29.7 Å². The summed E-state index contributed by atoms with van der Waals surface area (Å²) < 4.78 is 5.45. The number of nitrogens with zero attached hydrogens (tertiary/aromatic N) is 5. The maximum Gasteiger partial charge on any atom is 0.236 e. The van der Waals surface area contributed by atoms with Crippen LogP contribution in [0.1, 0.15) is 0 Å². The topological polar surface area (TPSA) is 105 Å². The van der Waals surface area contributed by atoms with Crippen molar-refractivity contribution >= 4 is 51.7 Å². The van der Waals surface area contributed by atoms with Crippen molar-refractivity contribution in [2.75, 3.05) is 47.6 Å². The fourth-order valence-corrected chi connectivity index (χ4v) is 4.75. The molecular weight excluding hydrogens is 482 g/mol. The standard InChI is InChI=1S/C24H23N7O2S2/c32-20(27-23-26-19(15-34-23)17-7-3-1-4-8-17)16-35-24-29-21(25-18-9-5-2-6-10-18)28-22(30-24)31-11-13-33-14-12-31/h1-10,15H,11-14,16H2,(H,26,27,32)(H,25,28,29,30). The van der Waals surface area contributed by atoms with Crippen molar-refractivity contribution in [2.24, 2.45) is 0 Å². The van der Waals surface area contributed by atoms with Crippen molar-refractivity contribution in [3.8, 4) is 11.3 Å². The van der Waals surface area contributed by atoms with Gasteiger partial charge in [0.1, 0.15) is 0 Å². The van der Waals surface area contributed by atoms with Crippen LogP contribution in [0.5, 0.6) is 0 Å². The van der Waals surface area contributed by atoms with Crippen molar-refractivity contribution in [3.05, 3.63) is 66.0 Å². The molecule has 1 fully saturated rings. The number of hydrogen-bond donors (Lipinski definition) is 2. The summed E-state index contributed by atoms with van der Waals surface area (Å²) in [5.74, 6) is 0.979. The number of anilines is 4. The van der Waals surface area contributed by atoms with Gasteiger partial charge in [0.15, 0.2) is 10.3 Å². The molecule has 11 heteroatoms. The molecule has 0 bridgehead atoms. The van der Waals surface area contributed by atoms with Crippen molar-refractivity contribution in [1.29, 1.82) is 0 Å². The minimum Gasteiger partial charge on any atom is -0.378 e. The minimum atomic E-state index is -0.171. The quantitative estimate of drug-likeness (QED) is 0.339. The second kappa shape index (κ2) is 11.3. The van der Waals surface area contributed by atoms with Crippen molar-refractivity contribution in [3.63, 3.8) is 0 Å². The minimum absolute atomic E-state index is 0.150. The van der Waals surface area contributed by atoms with Gasteiger partial charge in [0.25, 0.3) is 0 Å². The van der Waals surface area contributed by atoms with Gasteiger partial charge in [-0.25, -0.2) is 4.98 Å². The molecule has 178 valence electrons. The second-order valence-corrected chi connectivity index (χ2v) is 9.37. The van der Waals surface area contributed by atoms with Crippen molar-refractivity contribution in [2.45, 2.75) is 5.16 Å². The predicted octanol–water partition coefficient (Wildman–Crippen LogP) is 4.31. The third-order valence-corrected chi connectivity index (χ3v) is 6.68. The molecule has 5 rings (SSSR count). The van der Waals surface area contributed by atoms with E-state index in [1.807, 2.05) is 66.0 Å². The molecule has 1 aliphatic heterocycles. The monoisotopic (exact) mass is 505 g/mol. The highest BCUT2D eigenvalue weighted by Crippen LogP contribution is 2.25. The van der Waals surface area contributed by atoms with Crippen LogP contribution in [0.15, 0.2) is 71.2 Å². The average Bonchev–Trinajstić information content (AvgIpc) is 3.37. The molecule has 1 aliphatic rings. The molecule has 0 radical (unpaired) electrons. The van der Waals surface area contributed by atoms with Crippen molar-refractivity contribution < 1.29 is 9.53 Å². The number of hydrogen-bond acceptors (Lipinski definition) is 10. The summed E-state index contributed by atoms with van der Waals surface area (Å²) in [5.41, 5.74) is 2.72. The van der Waals surface area contributed by atoms with Crippen LogP contribution in [-0.4, -0.2) is 57.9 Å². The summed E-state index contributed by atoms with van der Waals surface area (Å²) in [6.07, 6.45) is 0. The number of benzene rings is 2. The third-order valence-electron chi connectivity index (χ3n) is 5.08. The fourth-order valence-electron chi connectivity index (χ4n) is 3.38. The van der Waals surface area contributed by atoms with E-state index in [2.05, 4.69) is 35.5 Å². The molecule has 0 unspecified atom stereocenters. The van der Waals surface area contributed by atoms with Gasteiger partial charge in [0.05, 0.1) is 24.7 Å². The van der Waals surface area contributed by atoms with E-state index >= 15 is 0 Å². The molecule has 2 aromatic heterocycles. The maximum atomic E-state index is 12.6. The Bertz CT molecular complexity index is 1270. The number of thioether (sulfide) groups is 1. The van der Waals surface area contributed by atoms with Gasteiger partial charge >= 0.3 is 0 Å². The molecule has 2 aromatic carbocycles. The number of carbonyl (C=O) groups excluding carboxylic acids is 1. The van der Waals surface area contributed by atoms with Crippen LogP contribution in [-0.2, 0) is 9.53 Å². The molecule has 2 N–H and O–H groups in total. The number of morpholine rings is 1. The molecular formula is C24H23N7O2S2. The summed E-state index contributed by atoms with van der Waals surface area (Å²) in [4.78, 5) is 32.9. The molecule has 1 amide bonds. The zero-order chi connectivity index (χ0) is 23.9. The number of nitrogens with one attached hydrogen (secondary N) is 2. The third kappa shape index (κ3) is 6.32. The average molecular weight is 506 g/mol. The Morgan fingerprint density at radius 3 is 2.49 bits per heavy atom. The molecule has 0 atom stereocenters. The Labute approximate surface area is 211 Å². The first-order valence-electron chi connectivity index (χ1n) is 11.1. The number of amides is 1. The van der Waals surface area contributed by atoms with Crippen LogP contribution in [0.3, 0.4) is 0 Å². The van der Waals surface area contributed by atoms with Crippen LogP contribution < -0.4 is 15.5 Å². The Morgan fingerprint density at radius 2 is 1.71 bits per heavy atom. The predicted molar refractivity (Wildman–Crippen MR) is 139 cm³/mol. The summed E-state index contributed by atoms with van der Waals surface area (Å²) in [5, 5.41) is 9.06. The van der Waals surface area contributed by atoms with E-state index in [0.29, 0.717) is 48.5 Å². The van der Waals surface area contributed by atoms with Gasteiger partial charge in [-0.1, -0.05) is 60.3 Å². The highest BCUT2D eigenvalue weighted by atomic mass is 32.2. The van der Waals surface area contributed by atoms with E-state index in [9.17, 15) is 4.79 Å². The Balaban J connectivity index is 1.26. The zero-order valence-electron chi connectivity index (χ0n) is 18.8. The summed E-state index contributed by atoms with van der Waals surface area (Å²) >= 11 is 2.66. The lowest BCUT2D eigenvalue weighted by molar-refractivity contribution is -0.113. The number of aromatic nitrogens is 4. The van der Waals surface area contributed by atoms with Crippen LogP contribution >= 0.6 is 23.1 Å². The molecule has 4 aromatic rings. The Morgan fingerprint density at radius 1 is 0.971 bits per heavy atom. The van der Waals surface area contributed by atoms with Crippen molar-refractivity contribution in [1.82, 2.24) is 19.9 Å². The SMILES string of the molecule is O=C(CSc1nc(Nc2ccccc2)nc(N2CCOCC2)n1)Nc1nc(-c2ccccc2)cs1. The summed E-state index contributed by atoms with van der Waals surface area (Å²) in [7, 11) is 0. The highest BCUT2D eigenvalue weighted by molar-refractivity contribution is 7.99. The largest absolute Gasteiger partial charge is 0.378 e. The van der Waals surface area contributed by atoms with E-state index in [4.69, 9.17) is 4.74 Å². The van der Waals surface area contributed by atoms with E-state index in [1.165, 1.54) is 23.1 Å². The van der Waals surface area contributed by atoms with Crippen LogP contribution in [0.2, 0.25) is 0 Å². The van der Waals surface area contributed by atoms with Gasteiger partial charge in [-0.15, -0.1) is 11.3 Å². The molecule has 3 heterocycles. The maximum absolute atomic E-state index is 12.6. The lowest BCUT2D eigenvalue weighted by Crippen LogP contribution is -2.37. The van der Waals surface area contributed by atoms with E-state index in [1.54, 1.807) is 0 Å². The van der Waals surface area contributed by atoms with E-state index in [-0.39, 0.29) is 11.7 Å². The van der Waals surface area contributed by atoms with E-state index < -0.39 is 0 Å². The normalized spacial score (nSPS) is 13.4. The van der Waals surface area contributed by atoms with Gasteiger partial charge < -0.3 is 20.3 Å². The molecule has 0 aliphatic carbocycles. The first-order valence-corrected chi connectivity index (χ1v) is 12.9. The lowest BCUT2D eigenvalue weighted by Gasteiger charge is -2.27. The number of para-hydroxylation sites is 1. The van der Waals surface area contributed by atoms with Crippen LogP contribution in [0.4, 0.5) is 22.7 Å². The summed E-state index contributed by atoms with van der Waals surface area (Å²) in [6, 6.07) is 19.6. The second-order valence-electron chi connectivity index (χ2n) is 7.57. The Kier molecular flexibility index (Phi) is 7.47. The number of carbonyl (C=O) groups is 1. The number of ether oxygens (including phenoxy) is 1. The molecule has 0 saturated carbocycles. The summed E-state index contributed by atoms with van der Waals surface area (Å²) in [6.45, 7) is 2.65. The van der Waals surface area contributed by atoms with Gasteiger partial charge in [0.2, 0.25) is 17.8 Å². The van der Waals surface area contributed by atoms with Gasteiger partial charge in [-0.3, -0.25) is 4.79 Å². The van der Waals surface area contributed by atoms with Gasteiger partial charge in [-0.05, 0) is 12.1 Å². The first-order chi connectivity index (χ1) is 17.2. The molecule has 35 heavy (non-hydrogen) atoms. The van der Waals surface area contributed by atoms with Crippen LogP contribution in [0.25, 0.3) is 11.3 Å². The smallest absolute Gasteiger partial charge is 0.236 e. The molecule has 0 spiro atoms. The lowest BCUT2D eigenvalue weighted by atomic mass is 10.2. The zero-order valence-corrected chi connectivity index (χ0v) is 20.4. The van der Waals surface area contributed by atoms with Gasteiger partial charge in [-0.2, -0.15) is 15.0 Å². The highest BCUT2D eigenvalue weighted by Gasteiger charge is 2.18. The fraction of sp³-hybridized carbons (Fsp3) is 0.208. The van der Waals surface area contributed by atoms with Crippen LogP contribution in [0, 0.1) is 0 Å². The van der Waals surface area contributed by atoms with E-state index in [0.717, 1.165) is 16.9 Å². The first kappa shape index (κ1) is 23.2. The number of rotatable bonds is 8. The molecule has 9 nitrogen and oxygen atoms in total. The number of thiazole rings is 1. The Hall–Kier alpha value is -3.54.